The fraction of sp³-hybridized carbons (Fsp3) is 0.909. The third-order valence-corrected chi connectivity index (χ3v) is 4.36. The molecule has 1 rings (SSSR count). The van der Waals surface area contributed by atoms with Gasteiger partial charge in [-0.15, -0.1) is 0 Å². The van der Waals surface area contributed by atoms with Crippen LogP contribution in [-0.4, -0.2) is 89.0 Å². The van der Waals surface area contributed by atoms with Crippen molar-refractivity contribution in [3.8, 4) is 0 Å². The smallest absolute Gasteiger partial charge is 0.196 e. The number of nitrogens with two attached hydrogens (primary N) is 1. The molecule has 0 aliphatic carbocycles. The van der Waals surface area contributed by atoms with Gasteiger partial charge in [-0.2, -0.15) is 0 Å². The standard InChI is InChI=1S/C11H26N6O2/c1-10(14(3)4)13-9(12)15(5)11(2,16(10)6)17(7-18)8-19/h18-19H,7-8H2,1-6H3,(H2,12,13). The van der Waals surface area contributed by atoms with Gasteiger partial charge in [-0.1, -0.05) is 0 Å². The van der Waals surface area contributed by atoms with E-state index in [2.05, 4.69) is 4.99 Å². The summed E-state index contributed by atoms with van der Waals surface area (Å²) >= 11 is 0. The molecule has 1 aliphatic rings. The van der Waals surface area contributed by atoms with E-state index >= 15 is 0 Å². The van der Waals surface area contributed by atoms with E-state index in [0.717, 1.165) is 0 Å². The molecule has 0 aromatic carbocycles. The number of guanidine groups is 1. The zero-order valence-corrected chi connectivity index (χ0v) is 12.6. The first kappa shape index (κ1) is 16.1. The Kier molecular flexibility index (Phi) is 4.43. The van der Waals surface area contributed by atoms with Crippen molar-refractivity contribution in [2.24, 2.45) is 10.7 Å². The van der Waals surface area contributed by atoms with Gasteiger partial charge < -0.3 is 20.8 Å². The molecule has 1 heterocycles. The van der Waals surface area contributed by atoms with Gasteiger partial charge in [0.1, 0.15) is 13.5 Å². The summed E-state index contributed by atoms with van der Waals surface area (Å²) in [6, 6.07) is 0. The summed E-state index contributed by atoms with van der Waals surface area (Å²) in [5.74, 6) is -1.12. The molecule has 0 fully saturated rings. The number of aliphatic hydroxyl groups is 2. The van der Waals surface area contributed by atoms with Crippen LogP contribution in [0, 0.1) is 0 Å². The molecule has 2 atom stereocenters. The van der Waals surface area contributed by atoms with Gasteiger partial charge in [-0.05, 0) is 35.0 Å². The first-order valence-electron chi connectivity index (χ1n) is 6.13. The normalized spacial score (nSPS) is 33.2. The molecular weight excluding hydrogens is 248 g/mol. The van der Waals surface area contributed by atoms with Crippen LogP contribution in [-0.2, 0) is 0 Å². The molecule has 2 unspecified atom stereocenters. The number of nitrogens with zero attached hydrogens (tertiary/aromatic N) is 5. The van der Waals surface area contributed by atoms with E-state index in [1.807, 2.05) is 44.8 Å². The SMILES string of the molecule is CN(C)C1(C)N=C(N)N(C)C(C)(N(CO)CO)N1C. The molecule has 0 bridgehead atoms. The van der Waals surface area contributed by atoms with Gasteiger partial charge >= 0.3 is 0 Å². The van der Waals surface area contributed by atoms with Crippen LogP contribution in [0.2, 0.25) is 0 Å². The van der Waals surface area contributed by atoms with Gasteiger partial charge in [0.2, 0.25) is 0 Å². The largest absolute Gasteiger partial charge is 0.381 e. The van der Waals surface area contributed by atoms with Crippen LogP contribution in [0.25, 0.3) is 0 Å². The van der Waals surface area contributed by atoms with Gasteiger partial charge in [-0.25, -0.2) is 14.8 Å². The second-order valence-corrected chi connectivity index (χ2v) is 5.25. The fourth-order valence-electron chi connectivity index (χ4n) is 2.35. The highest BCUT2D eigenvalue weighted by Gasteiger charge is 2.52. The Morgan fingerprint density at radius 1 is 1.21 bits per heavy atom. The Bertz CT molecular complexity index is 359. The maximum absolute atomic E-state index is 9.49. The van der Waals surface area contributed by atoms with Gasteiger partial charge in [-0.3, -0.25) is 4.90 Å². The minimum absolute atomic E-state index is 0.293. The molecule has 4 N–H and O–H groups in total. The van der Waals surface area contributed by atoms with E-state index in [0.29, 0.717) is 5.96 Å². The van der Waals surface area contributed by atoms with Crippen LogP contribution in [0.4, 0.5) is 0 Å². The van der Waals surface area contributed by atoms with Crippen molar-refractivity contribution in [1.29, 1.82) is 0 Å². The van der Waals surface area contributed by atoms with Crippen molar-refractivity contribution in [2.75, 3.05) is 41.7 Å². The molecule has 1 aliphatic heterocycles. The monoisotopic (exact) mass is 274 g/mol. The summed E-state index contributed by atoms with van der Waals surface area (Å²) in [7, 11) is 7.47. The van der Waals surface area contributed by atoms with E-state index in [1.165, 1.54) is 4.90 Å². The highest BCUT2D eigenvalue weighted by molar-refractivity contribution is 5.79. The molecule has 112 valence electrons. The predicted octanol–water partition coefficient (Wildman–Crippen LogP) is -1.71. The summed E-state index contributed by atoms with van der Waals surface area (Å²) in [4.78, 5) is 11.6. The molecular formula is C11H26N6O2. The average Bonchev–Trinajstić information content (AvgIpc) is 2.35. The van der Waals surface area contributed by atoms with Crippen molar-refractivity contribution in [3.05, 3.63) is 0 Å². The Balaban J connectivity index is 3.37. The molecule has 0 radical (unpaired) electrons. The lowest BCUT2D eigenvalue weighted by molar-refractivity contribution is -0.224. The average molecular weight is 274 g/mol. The Hall–Kier alpha value is -0.930. The van der Waals surface area contributed by atoms with Crippen LogP contribution in [0.5, 0.6) is 0 Å². The summed E-state index contributed by atoms with van der Waals surface area (Å²) in [5.41, 5.74) is 6.01. The highest BCUT2D eigenvalue weighted by atomic mass is 16.3. The lowest BCUT2D eigenvalue weighted by Crippen LogP contribution is -2.77. The number of hydrogen-bond donors (Lipinski definition) is 3. The van der Waals surface area contributed by atoms with Gasteiger partial charge in [0.05, 0.1) is 0 Å². The Morgan fingerprint density at radius 2 is 1.68 bits per heavy atom. The van der Waals surface area contributed by atoms with Crippen molar-refractivity contribution in [1.82, 2.24) is 19.6 Å². The molecule has 19 heavy (non-hydrogen) atoms. The van der Waals surface area contributed by atoms with Crippen LogP contribution < -0.4 is 5.73 Å². The lowest BCUT2D eigenvalue weighted by Gasteiger charge is -2.59. The highest BCUT2D eigenvalue weighted by Crippen LogP contribution is 2.34. The minimum Gasteiger partial charge on any atom is -0.381 e. The zero-order chi connectivity index (χ0) is 15.0. The molecule has 0 amide bonds. The first-order chi connectivity index (χ1) is 8.66. The van der Waals surface area contributed by atoms with Gasteiger partial charge in [0.15, 0.2) is 17.5 Å². The van der Waals surface area contributed by atoms with Crippen molar-refractivity contribution in [2.45, 2.75) is 25.4 Å². The zero-order valence-electron chi connectivity index (χ0n) is 12.6. The minimum atomic E-state index is -0.797. The topological polar surface area (TPSA) is 91.8 Å². The van der Waals surface area contributed by atoms with E-state index in [9.17, 15) is 10.2 Å². The maximum Gasteiger partial charge on any atom is 0.196 e. The molecule has 8 heteroatoms. The maximum atomic E-state index is 9.49. The van der Waals surface area contributed by atoms with Crippen LogP contribution in [0.1, 0.15) is 13.8 Å². The third-order valence-electron chi connectivity index (χ3n) is 4.36. The fourth-order valence-corrected chi connectivity index (χ4v) is 2.35. The second kappa shape index (κ2) is 5.22. The van der Waals surface area contributed by atoms with Crippen LogP contribution in [0.15, 0.2) is 4.99 Å². The predicted molar refractivity (Wildman–Crippen MR) is 73.7 cm³/mol. The third kappa shape index (κ3) is 2.19. The quantitative estimate of drug-likeness (QED) is 0.526. The van der Waals surface area contributed by atoms with Gasteiger partial charge in [0, 0.05) is 7.05 Å². The van der Waals surface area contributed by atoms with E-state index in [-0.39, 0.29) is 13.5 Å². The number of aliphatic hydroxyl groups excluding tert-OH is 2. The molecule has 0 aromatic rings. The van der Waals surface area contributed by atoms with E-state index in [4.69, 9.17) is 5.73 Å². The van der Waals surface area contributed by atoms with Crippen molar-refractivity contribution >= 4 is 5.96 Å². The number of hydrogen-bond acceptors (Lipinski definition) is 8. The molecule has 0 aromatic heterocycles. The summed E-state index contributed by atoms with van der Waals surface area (Å²) in [5, 5.41) is 19.0. The number of rotatable bonds is 4. The number of aliphatic imine (C=N–C) groups is 1. The van der Waals surface area contributed by atoms with Gasteiger partial charge in [0.25, 0.3) is 0 Å². The Morgan fingerprint density at radius 3 is 2.05 bits per heavy atom. The van der Waals surface area contributed by atoms with E-state index < -0.39 is 11.6 Å². The van der Waals surface area contributed by atoms with Crippen LogP contribution in [0.3, 0.4) is 0 Å². The van der Waals surface area contributed by atoms with Crippen molar-refractivity contribution in [3.63, 3.8) is 0 Å². The summed E-state index contributed by atoms with van der Waals surface area (Å²) in [6.07, 6.45) is 0. The molecule has 0 saturated carbocycles. The van der Waals surface area contributed by atoms with Crippen LogP contribution >= 0.6 is 0 Å². The summed E-state index contributed by atoms with van der Waals surface area (Å²) < 4.78 is 0. The lowest BCUT2D eigenvalue weighted by atomic mass is 10.1. The molecule has 0 spiro atoms. The van der Waals surface area contributed by atoms with Crippen molar-refractivity contribution < 1.29 is 10.2 Å². The Labute approximate surface area is 114 Å². The molecule has 8 nitrogen and oxygen atoms in total. The first-order valence-corrected chi connectivity index (χ1v) is 6.13. The summed E-state index contributed by atoms with van der Waals surface area (Å²) in [6.45, 7) is 3.22. The van der Waals surface area contributed by atoms with E-state index in [1.54, 1.807) is 11.9 Å². The second-order valence-electron chi connectivity index (χ2n) is 5.25. The molecule has 0 saturated heterocycles.